The van der Waals surface area contributed by atoms with E-state index < -0.39 is 0 Å². The van der Waals surface area contributed by atoms with Crippen LogP contribution in [0.4, 0.5) is 0 Å². The van der Waals surface area contributed by atoms with Crippen molar-refractivity contribution in [2.45, 2.75) is 13.8 Å². The Balaban J connectivity index is 2.11. The van der Waals surface area contributed by atoms with E-state index in [0.29, 0.717) is 4.77 Å². The molecule has 1 aromatic carbocycles. The molecule has 0 aliphatic carbocycles. The van der Waals surface area contributed by atoms with Crippen LogP contribution in [0.3, 0.4) is 0 Å². The molecule has 0 fully saturated rings. The lowest BCUT2D eigenvalue weighted by atomic mass is 10.1. The van der Waals surface area contributed by atoms with Gasteiger partial charge in [-0.2, -0.15) is 14.9 Å². The largest absolute Gasteiger partial charge is 0.358 e. The lowest BCUT2D eigenvalue weighted by Crippen LogP contribution is -1.94. The van der Waals surface area contributed by atoms with Crippen LogP contribution in [0, 0.1) is 18.6 Å². The first-order valence-corrected chi connectivity index (χ1v) is 6.33. The number of H-pyrrole nitrogens is 2. The molecular weight excluding hydrogens is 258 g/mol. The molecule has 0 spiro atoms. The van der Waals surface area contributed by atoms with Gasteiger partial charge >= 0.3 is 0 Å². The highest BCUT2D eigenvalue weighted by atomic mass is 32.1. The van der Waals surface area contributed by atoms with Crippen LogP contribution in [-0.2, 0) is 0 Å². The summed E-state index contributed by atoms with van der Waals surface area (Å²) in [5.74, 6) is 0.735. The Labute approximate surface area is 115 Å². The average Bonchev–Trinajstić information content (AvgIpc) is 2.88. The fourth-order valence-electron chi connectivity index (χ4n) is 2.09. The number of rotatable bonds is 2. The third kappa shape index (κ3) is 2.00. The van der Waals surface area contributed by atoms with Crippen molar-refractivity contribution >= 4 is 29.3 Å². The molecule has 0 aliphatic rings. The van der Waals surface area contributed by atoms with Crippen LogP contribution in [0.2, 0.25) is 0 Å². The van der Waals surface area contributed by atoms with Crippen LogP contribution in [0.25, 0.3) is 10.9 Å². The summed E-state index contributed by atoms with van der Waals surface area (Å²) in [6.07, 6.45) is 1.81. The van der Waals surface area contributed by atoms with Gasteiger partial charge in [0.25, 0.3) is 0 Å². The Bertz CT molecular complexity index is 821. The van der Waals surface area contributed by atoms with Crippen molar-refractivity contribution in [3.8, 4) is 0 Å². The number of para-hydroxylation sites is 1. The van der Waals surface area contributed by atoms with Gasteiger partial charge in [0.2, 0.25) is 4.77 Å². The minimum absolute atomic E-state index is 0.492. The third-order valence-corrected chi connectivity index (χ3v) is 3.32. The molecular formula is C13H13N5S. The number of nitrogens with zero attached hydrogens (tertiary/aromatic N) is 3. The maximum atomic E-state index is 5.12. The van der Waals surface area contributed by atoms with Crippen LogP contribution in [0.5, 0.6) is 0 Å². The predicted octanol–water partition coefficient (Wildman–Crippen LogP) is 2.92. The van der Waals surface area contributed by atoms with Crippen molar-refractivity contribution in [3.05, 3.63) is 46.1 Å². The smallest absolute Gasteiger partial charge is 0.216 e. The van der Waals surface area contributed by atoms with Crippen molar-refractivity contribution in [2.24, 2.45) is 5.10 Å². The third-order valence-electron chi connectivity index (χ3n) is 3.06. The molecule has 19 heavy (non-hydrogen) atoms. The minimum atomic E-state index is 0.492. The van der Waals surface area contributed by atoms with E-state index in [9.17, 15) is 0 Å². The lowest BCUT2D eigenvalue weighted by molar-refractivity contribution is 0.821. The predicted molar refractivity (Wildman–Crippen MR) is 78.2 cm³/mol. The second-order valence-corrected chi connectivity index (χ2v) is 4.73. The van der Waals surface area contributed by atoms with Crippen LogP contribution >= 0.6 is 12.2 Å². The van der Waals surface area contributed by atoms with Crippen molar-refractivity contribution < 1.29 is 0 Å². The van der Waals surface area contributed by atoms with E-state index in [1.165, 1.54) is 0 Å². The van der Waals surface area contributed by atoms with Crippen molar-refractivity contribution in [3.63, 3.8) is 0 Å². The minimum Gasteiger partial charge on any atom is -0.358 e. The first-order chi connectivity index (χ1) is 9.16. The molecule has 0 atom stereocenters. The van der Waals surface area contributed by atoms with Crippen LogP contribution in [0.1, 0.15) is 17.1 Å². The van der Waals surface area contributed by atoms with Gasteiger partial charge in [0, 0.05) is 22.2 Å². The van der Waals surface area contributed by atoms with E-state index in [1.807, 2.05) is 32.2 Å². The zero-order valence-electron chi connectivity index (χ0n) is 10.6. The van der Waals surface area contributed by atoms with E-state index in [-0.39, 0.29) is 0 Å². The van der Waals surface area contributed by atoms with Gasteiger partial charge in [-0.25, -0.2) is 0 Å². The number of nitrogens with one attached hydrogen (secondary N) is 2. The molecule has 0 aliphatic heterocycles. The summed E-state index contributed by atoms with van der Waals surface area (Å²) in [6, 6.07) is 8.15. The second-order valence-electron chi connectivity index (χ2n) is 4.34. The molecule has 5 nitrogen and oxygen atoms in total. The molecule has 6 heteroatoms. The molecule has 0 bridgehead atoms. The first-order valence-electron chi connectivity index (χ1n) is 5.92. The molecule has 0 saturated heterocycles. The summed E-state index contributed by atoms with van der Waals surface area (Å²) in [5.41, 5.74) is 3.25. The number of hydrogen-bond donors (Lipinski definition) is 2. The topological polar surface area (TPSA) is 61.8 Å². The standard InChI is InChI=1S/C13H13N5S/c1-8-11(10-5-3-4-6-12(10)15-8)7-14-18-9(2)16-17-13(18)19/h3-7,15H,1-2H3,(H,17,19)/b14-7-. The van der Waals surface area contributed by atoms with Gasteiger partial charge in [-0.3, -0.25) is 5.10 Å². The second kappa shape index (κ2) is 4.47. The molecule has 2 heterocycles. The summed E-state index contributed by atoms with van der Waals surface area (Å²) in [5, 5.41) is 12.3. The highest BCUT2D eigenvalue weighted by Gasteiger charge is 2.05. The molecule has 3 aromatic rings. The van der Waals surface area contributed by atoms with E-state index in [1.54, 1.807) is 4.68 Å². The Morgan fingerprint density at radius 1 is 1.32 bits per heavy atom. The average molecular weight is 271 g/mol. The Hall–Kier alpha value is -2.21. The maximum absolute atomic E-state index is 5.12. The zero-order chi connectivity index (χ0) is 13.4. The molecule has 0 radical (unpaired) electrons. The number of benzene rings is 1. The Kier molecular flexibility index (Phi) is 2.79. The van der Waals surface area contributed by atoms with Gasteiger partial charge in [0.15, 0.2) is 0 Å². The normalized spacial score (nSPS) is 11.7. The quantitative estimate of drug-likeness (QED) is 0.556. The highest BCUT2D eigenvalue weighted by molar-refractivity contribution is 7.71. The van der Waals surface area contributed by atoms with Crippen LogP contribution in [-0.4, -0.2) is 26.1 Å². The van der Waals surface area contributed by atoms with E-state index in [0.717, 1.165) is 28.0 Å². The number of fused-ring (bicyclic) bond motifs is 1. The lowest BCUT2D eigenvalue weighted by Gasteiger charge is -1.95. The van der Waals surface area contributed by atoms with Gasteiger partial charge in [0.05, 0.1) is 6.21 Å². The van der Waals surface area contributed by atoms with Crippen molar-refractivity contribution in [1.29, 1.82) is 0 Å². The van der Waals surface area contributed by atoms with Crippen LogP contribution in [0.15, 0.2) is 29.4 Å². The van der Waals surface area contributed by atoms with Gasteiger partial charge in [-0.05, 0) is 32.1 Å². The molecule has 0 saturated carbocycles. The number of aryl methyl sites for hydroxylation is 2. The van der Waals surface area contributed by atoms with Gasteiger partial charge < -0.3 is 4.98 Å². The summed E-state index contributed by atoms with van der Waals surface area (Å²) >= 11 is 5.12. The van der Waals surface area contributed by atoms with E-state index >= 15 is 0 Å². The van der Waals surface area contributed by atoms with Crippen molar-refractivity contribution in [1.82, 2.24) is 19.9 Å². The fourth-order valence-corrected chi connectivity index (χ4v) is 2.31. The molecule has 2 aromatic heterocycles. The molecule has 0 amide bonds. The van der Waals surface area contributed by atoms with E-state index in [2.05, 4.69) is 32.4 Å². The summed E-state index contributed by atoms with van der Waals surface area (Å²) < 4.78 is 2.10. The summed E-state index contributed by atoms with van der Waals surface area (Å²) in [7, 11) is 0. The number of aromatic amines is 2. The van der Waals surface area contributed by atoms with Crippen LogP contribution < -0.4 is 0 Å². The summed E-state index contributed by atoms with van der Waals surface area (Å²) in [4.78, 5) is 3.34. The molecule has 2 N–H and O–H groups in total. The number of hydrogen-bond acceptors (Lipinski definition) is 3. The first kappa shape index (κ1) is 11.9. The maximum Gasteiger partial charge on any atom is 0.216 e. The van der Waals surface area contributed by atoms with Gasteiger partial charge in [-0.1, -0.05) is 18.2 Å². The molecule has 3 rings (SSSR count). The number of aromatic nitrogens is 4. The summed E-state index contributed by atoms with van der Waals surface area (Å²) in [6.45, 7) is 3.88. The Morgan fingerprint density at radius 2 is 2.11 bits per heavy atom. The molecule has 0 unspecified atom stereocenters. The van der Waals surface area contributed by atoms with E-state index in [4.69, 9.17) is 12.2 Å². The highest BCUT2D eigenvalue weighted by Crippen LogP contribution is 2.20. The SMILES string of the molecule is Cc1[nH]c2ccccc2c1/C=N\n1c(C)n[nH]c1=S. The van der Waals surface area contributed by atoms with Gasteiger partial charge in [0.1, 0.15) is 5.82 Å². The van der Waals surface area contributed by atoms with Crippen molar-refractivity contribution in [2.75, 3.05) is 0 Å². The zero-order valence-corrected chi connectivity index (χ0v) is 11.5. The fraction of sp³-hybridized carbons (Fsp3) is 0.154. The Morgan fingerprint density at radius 3 is 2.84 bits per heavy atom. The monoisotopic (exact) mass is 271 g/mol. The van der Waals surface area contributed by atoms with Gasteiger partial charge in [-0.15, -0.1) is 0 Å². The molecule has 96 valence electrons.